The third-order valence-electron chi connectivity index (χ3n) is 4.48. The summed E-state index contributed by atoms with van der Waals surface area (Å²) in [7, 11) is 2.82. The number of aromatic hydroxyl groups is 2. The Morgan fingerprint density at radius 2 is 1.26 bits per heavy atom. The van der Waals surface area contributed by atoms with Crippen molar-refractivity contribution in [3.05, 3.63) is 59.7 Å². The van der Waals surface area contributed by atoms with Crippen LogP contribution in [0.15, 0.2) is 48.6 Å². The highest BCUT2D eigenvalue weighted by molar-refractivity contribution is 6.14. The predicted octanol–water partition coefficient (Wildman–Crippen LogP) is 2.23. The van der Waals surface area contributed by atoms with E-state index < -0.39 is 23.1 Å². The molecule has 0 radical (unpaired) electrons. The fraction of sp³-hybridized carbons (Fsp3) is 0.217. The van der Waals surface area contributed by atoms with Crippen molar-refractivity contribution in [3.8, 4) is 23.0 Å². The lowest BCUT2D eigenvalue weighted by Crippen LogP contribution is -2.57. The highest BCUT2D eigenvalue weighted by Crippen LogP contribution is 2.28. The Kier molecular flexibility index (Phi) is 7.57. The van der Waals surface area contributed by atoms with Gasteiger partial charge in [-0.1, -0.05) is 24.3 Å². The molecule has 0 saturated heterocycles. The molecule has 0 aliphatic rings. The molecule has 0 heterocycles. The molecule has 0 aliphatic carbocycles. The molecular formula is C23H26N2O6. The van der Waals surface area contributed by atoms with Crippen molar-refractivity contribution in [1.29, 1.82) is 0 Å². The van der Waals surface area contributed by atoms with Crippen LogP contribution < -0.4 is 20.9 Å². The van der Waals surface area contributed by atoms with Gasteiger partial charge in [0.25, 0.3) is 0 Å². The number of methoxy groups -OCH3 is 2. The molecule has 2 aromatic carbocycles. The second kappa shape index (κ2) is 9.92. The monoisotopic (exact) mass is 426 g/mol. The van der Waals surface area contributed by atoms with Crippen molar-refractivity contribution >= 4 is 23.7 Å². The van der Waals surface area contributed by atoms with Gasteiger partial charge in [0.05, 0.1) is 19.9 Å². The van der Waals surface area contributed by atoms with Crippen LogP contribution in [0.5, 0.6) is 23.0 Å². The van der Waals surface area contributed by atoms with E-state index >= 15 is 0 Å². The van der Waals surface area contributed by atoms with Crippen molar-refractivity contribution in [1.82, 2.24) is 0 Å². The van der Waals surface area contributed by atoms with Crippen molar-refractivity contribution in [2.45, 2.75) is 12.6 Å². The fourth-order valence-corrected chi connectivity index (χ4v) is 2.90. The van der Waals surface area contributed by atoms with Crippen LogP contribution in [0.25, 0.3) is 12.2 Å². The predicted molar refractivity (Wildman–Crippen MR) is 118 cm³/mol. The molecule has 0 fully saturated rings. The Morgan fingerprint density at radius 1 is 0.871 bits per heavy atom. The fourth-order valence-electron chi connectivity index (χ4n) is 2.90. The second-order valence-corrected chi connectivity index (χ2v) is 7.13. The van der Waals surface area contributed by atoms with E-state index in [0.29, 0.717) is 11.1 Å². The molecule has 8 nitrogen and oxygen atoms in total. The van der Waals surface area contributed by atoms with Crippen LogP contribution in [0.1, 0.15) is 18.1 Å². The quantitative estimate of drug-likeness (QED) is 0.271. The summed E-state index contributed by atoms with van der Waals surface area (Å²) in [6.45, 7) is 1.39. The zero-order valence-electron chi connectivity index (χ0n) is 17.5. The number of hydrogen-bond acceptors (Lipinski definition) is 8. The average molecular weight is 426 g/mol. The summed E-state index contributed by atoms with van der Waals surface area (Å²) in [4.78, 5) is 25.5. The number of benzene rings is 2. The van der Waals surface area contributed by atoms with E-state index in [1.165, 1.54) is 69.7 Å². The number of carbonyl (C=O) groups is 2. The molecule has 2 aromatic rings. The molecule has 0 spiro atoms. The van der Waals surface area contributed by atoms with Crippen LogP contribution >= 0.6 is 0 Å². The summed E-state index contributed by atoms with van der Waals surface area (Å²) >= 11 is 0. The molecule has 0 aliphatic heterocycles. The highest BCUT2D eigenvalue weighted by Gasteiger charge is 2.36. The second-order valence-electron chi connectivity index (χ2n) is 7.13. The number of phenolic OH excluding ortho intramolecular Hbond substituents is 2. The summed E-state index contributed by atoms with van der Waals surface area (Å²) in [5.74, 6) is -2.04. The van der Waals surface area contributed by atoms with E-state index in [2.05, 4.69) is 0 Å². The minimum Gasteiger partial charge on any atom is -0.504 e. The van der Waals surface area contributed by atoms with Gasteiger partial charge in [0.2, 0.25) is 0 Å². The molecule has 2 rings (SSSR count). The van der Waals surface area contributed by atoms with E-state index in [0.717, 1.165) is 0 Å². The molecule has 164 valence electrons. The summed E-state index contributed by atoms with van der Waals surface area (Å²) < 4.78 is 10.1. The summed E-state index contributed by atoms with van der Waals surface area (Å²) in [6, 6.07) is 9.10. The van der Waals surface area contributed by atoms with Gasteiger partial charge < -0.3 is 31.2 Å². The molecule has 0 bridgehead atoms. The minimum atomic E-state index is -1.60. The first-order valence-corrected chi connectivity index (χ1v) is 9.32. The maximum absolute atomic E-state index is 12.7. The van der Waals surface area contributed by atoms with Crippen molar-refractivity contribution in [2.24, 2.45) is 17.4 Å². The van der Waals surface area contributed by atoms with E-state index in [1.54, 1.807) is 12.1 Å². The zero-order chi connectivity index (χ0) is 23.2. The van der Waals surface area contributed by atoms with Gasteiger partial charge in [0, 0.05) is 0 Å². The highest BCUT2D eigenvalue weighted by atomic mass is 16.5. The van der Waals surface area contributed by atoms with Crippen LogP contribution in [0.2, 0.25) is 0 Å². The molecule has 0 aromatic heterocycles. The van der Waals surface area contributed by atoms with Crippen molar-refractivity contribution in [3.63, 3.8) is 0 Å². The largest absolute Gasteiger partial charge is 0.504 e. The van der Waals surface area contributed by atoms with Gasteiger partial charge in [-0.05, 0) is 54.5 Å². The maximum Gasteiger partial charge on any atom is 0.169 e. The Morgan fingerprint density at radius 3 is 1.58 bits per heavy atom. The first-order chi connectivity index (χ1) is 14.6. The van der Waals surface area contributed by atoms with Gasteiger partial charge in [-0.2, -0.15) is 0 Å². The number of hydrogen-bond donors (Lipinski definition) is 4. The van der Waals surface area contributed by atoms with Crippen molar-refractivity contribution < 1.29 is 29.3 Å². The topological polar surface area (TPSA) is 145 Å². The Labute approximate surface area is 180 Å². The van der Waals surface area contributed by atoms with Crippen LogP contribution in [-0.4, -0.2) is 41.7 Å². The molecule has 8 heteroatoms. The number of rotatable bonds is 9. The van der Waals surface area contributed by atoms with E-state index in [9.17, 15) is 19.8 Å². The third kappa shape index (κ3) is 6.18. The lowest BCUT2D eigenvalue weighted by atomic mass is 9.86. The Bertz CT molecular complexity index is 946. The number of ether oxygens (including phenoxy) is 2. The first-order valence-electron chi connectivity index (χ1n) is 9.32. The van der Waals surface area contributed by atoms with E-state index in [4.69, 9.17) is 20.9 Å². The third-order valence-corrected chi connectivity index (χ3v) is 4.48. The molecule has 6 N–H and O–H groups in total. The maximum atomic E-state index is 12.7. The van der Waals surface area contributed by atoms with Gasteiger partial charge in [0.1, 0.15) is 5.92 Å². The SMILES string of the molecule is COc1cc(/C=C/C(=O)C(C(=O)/C=C/c2ccc(O)c(OC)c2)C(C)(N)N)ccc1O. The van der Waals surface area contributed by atoms with Gasteiger partial charge >= 0.3 is 0 Å². The minimum absolute atomic E-state index is 0.0356. The number of ketones is 2. The lowest BCUT2D eigenvalue weighted by Gasteiger charge is -2.26. The van der Waals surface area contributed by atoms with Crippen molar-refractivity contribution in [2.75, 3.05) is 14.2 Å². The van der Waals surface area contributed by atoms with Gasteiger partial charge in [0.15, 0.2) is 34.6 Å². The molecule has 0 saturated carbocycles. The zero-order valence-corrected chi connectivity index (χ0v) is 17.5. The smallest absolute Gasteiger partial charge is 0.169 e. The van der Waals surface area contributed by atoms with Gasteiger partial charge in [-0.3, -0.25) is 9.59 Å². The van der Waals surface area contributed by atoms with Crippen LogP contribution in [0.3, 0.4) is 0 Å². The van der Waals surface area contributed by atoms with Crippen LogP contribution in [0.4, 0.5) is 0 Å². The summed E-state index contributed by atoms with van der Waals surface area (Å²) in [5, 5.41) is 19.3. The van der Waals surface area contributed by atoms with Crippen LogP contribution in [0, 0.1) is 5.92 Å². The summed E-state index contributed by atoms with van der Waals surface area (Å²) in [6.07, 6.45) is 5.38. The number of nitrogens with two attached hydrogens (primary N) is 2. The molecule has 0 amide bonds. The number of phenols is 2. The first kappa shape index (κ1) is 23.7. The number of carbonyl (C=O) groups excluding carboxylic acids is 2. The van der Waals surface area contributed by atoms with Gasteiger partial charge in [-0.15, -0.1) is 0 Å². The lowest BCUT2D eigenvalue weighted by molar-refractivity contribution is -0.129. The number of allylic oxidation sites excluding steroid dienone is 2. The Hall–Kier alpha value is -3.62. The molecule has 0 atom stereocenters. The Balaban J connectivity index is 2.24. The standard InChI is InChI=1S/C23H26N2O6/c1-23(24,25)22(18(28)10-6-14-4-8-16(26)20(12-14)30-2)19(29)11-7-15-5-9-17(27)21(13-15)31-3/h4-13,22,26-27H,24-25H2,1-3H3/b10-6+,11-7+. The molecular weight excluding hydrogens is 400 g/mol. The van der Waals surface area contributed by atoms with Gasteiger partial charge in [-0.25, -0.2) is 0 Å². The molecule has 0 unspecified atom stereocenters. The van der Waals surface area contributed by atoms with E-state index in [-0.39, 0.29) is 23.0 Å². The normalized spacial score (nSPS) is 11.9. The summed E-state index contributed by atoms with van der Waals surface area (Å²) in [5.41, 5.74) is 11.4. The average Bonchev–Trinajstić information content (AvgIpc) is 2.71. The molecule has 31 heavy (non-hydrogen) atoms. The van der Waals surface area contributed by atoms with E-state index in [1.807, 2.05) is 0 Å². The van der Waals surface area contributed by atoms with Crippen LogP contribution in [-0.2, 0) is 9.59 Å².